The van der Waals surface area contributed by atoms with Crippen LogP contribution in [0.2, 0.25) is 5.02 Å². The average Bonchev–Trinajstić information content (AvgIpc) is 2.77. The Morgan fingerprint density at radius 3 is 3.06 bits per heavy atom. The summed E-state index contributed by atoms with van der Waals surface area (Å²) in [6, 6.07) is 4.12. The molecular weight excluding hydrogens is 257 g/mol. The van der Waals surface area contributed by atoms with Crippen molar-refractivity contribution in [2.45, 2.75) is 25.0 Å². The Morgan fingerprint density at radius 1 is 1.61 bits per heavy atom. The molecule has 18 heavy (non-hydrogen) atoms. The summed E-state index contributed by atoms with van der Waals surface area (Å²) in [4.78, 5) is 11.8. The van der Waals surface area contributed by atoms with Crippen LogP contribution in [0.5, 0.6) is 0 Å². The fourth-order valence-electron chi connectivity index (χ4n) is 1.99. The van der Waals surface area contributed by atoms with E-state index in [1.165, 1.54) is 6.07 Å². The Bertz CT molecular complexity index is 455. The summed E-state index contributed by atoms with van der Waals surface area (Å²) in [6.07, 6.45) is 0.767. The summed E-state index contributed by atoms with van der Waals surface area (Å²) in [5.74, 6) is -0.706. The van der Waals surface area contributed by atoms with Crippen LogP contribution in [-0.2, 0) is 11.3 Å². The number of carbonyl (C=O) groups is 1. The molecule has 1 saturated heterocycles. The molecule has 0 radical (unpaired) electrons. The van der Waals surface area contributed by atoms with Crippen LogP contribution in [0.15, 0.2) is 18.2 Å². The largest absolute Gasteiger partial charge is 0.351 e. The molecule has 4 N–H and O–H groups in total. The highest BCUT2D eigenvalue weighted by molar-refractivity contribution is 6.30. The molecular formula is C12H15ClFN3O. The van der Waals surface area contributed by atoms with Crippen LogP contribution in [0.25, 0.3) is 0 Å². The number of carbonyl (C=O) groups excluding carboxylic acids is 1. The van der Waals surface area contributed by atoms with Crippen LogP contribution in [0, 0.1) is 5.82 Å². The lowest BCUT2D eigenvalue weighted by Gasteiger charge is -2.15. The van der Waals surface area contributed by atoms with E-state index in [1.54, 1.807) is 12.1 Å². The van der Waals surface area contributed by atoms with E-state index in [0.29, 0.717) is 5.56 Å². The van der Waals surface area contributed by atoms with E-state index in [1.807, 2.05) is 0 Å². The van der Waals surface area contributed by atoms with Crippen molar-refractivity contribution in [1.82, 2.24) is 10.6 Å². The van der Waals surface area contributed by atoms with Crippen LogP contribution in [0.1, 0.15) is 12.0 Å². The Balaban J connectivity index is 1.95. The topological polar surface area (TPSA) is 67.1 Å². The summed E-state index contributed by atoms with van der Waals surface area (Å²) in [6.45, 7) is 0.834. The normalized spacial score (nSPS) is 23.1. The summed E-state index contributed by atoms with van der Waals surface area (Å²) in [5.41, 5.74) is 6.15. The Kier molecular flexibility index (Phi) is 4.16. The first-order valence-electron chi connectivity index (χ1n) is 5.79. The number of nitrogens with one attached hydrogen (secondary N) is 2. The number of hydrogen-bond acceptors (Lipinski definition) is 3. The highest BCUT2D eigenvalue weighted by atomic mass is 35.5. The maximum atomic E-state index is 13.6. The number of nitrogens with two attached hydrogens (primary N) is 1. The van der Waals surface area contributed by atoms with Gasteiger partial charge in [-0.2, -0.15) is 0 Å². The molecule has 0 saturated carbocycles. The highest BCUT2D eigenvalue weighted by Crippen LogP contribution is 2.17. The summed E-state index contributed by atoms with van der Waals surface area (Å²) < 4.78 is 13.6. The second kappa shape index (κ2) is 5.65. The van der Waals surface area contributed by atoms with E-state index in [9.17, 15) is 9.18 Å². The molecule has 1 aliphatic rings. The molecule has 6 heteroatoms. The third-order valence-electron chi connectivity index (χ3n) is 3.04. The maximum absolute atomic E-state index is 13.6. The minimum atomic E-state index is -0.497. The van der Waals surface area contributed by atoms with Gasteiger partial charge in [-0.1, -0.05) is 23.7 Å². The second-order valence-corrected chi connectivity index (χ2v) is 4.72. The summed E-state index contributed by atoms with van der Waals surface area (Å²) >= 11 is 5.66. The lowest BCUT2D eigenvalue weighted by atomic mass is 10.1. The molecule has 1 aromatic carbocycles. The van der Waals surface area contributed by atoms with Gasteiger partial charge in [-0.15, -0.1) is 0 Å². The lowest BCUT2D eigenvalue weighted by molar-refractivity contribution is -0.123. The van der Waals surface area contributed by atoms with Gasteiger partial charge < -0.3 is 16.4 Å². The van der Waals surface area contributed by atoms with Crippen molar-refractivity contribution in [2.75, 3.05) is 6.54 Å². The first kappa shape index (κ1) is 13.3. The molecule has 1 aromatic rings. The quantitative estimate of drug-likeness (QED) is 0.761. The van der Waals surface area contributed by atoms with E-state index in [2.05, 4.69) is 10.6 Å². The molecule has 0 bridgehead atoms. The molecule has 98 valence electrons. The molecule has 0 spiro atoms. The van der Waals surface area contributed by atoms with Gasteiger partial charge in [0.2, 0.25) is 5.91 Å². The Labute approximate surface area is 110 Å². The van der Waals surface area contributed by atoms with Crippen molar-refractivity contribution < 1.29 is 9.18 Å². The van der Waals surface area contributed by atoms with Gasteiger partial charge in [-0.25, -0.2) is 4.39 Å². The zero-order valence-electron chi connectivity index (χ0n) is 9.75. The van der Waals surface area contributed by atoms with Gasteiger partial charge in [0, 0.05) is 18.2 Å². The maximum Gasteiger partial charge on any atom is 0.239 e. The number of amides is 1. The van der Waals surface area contributed by atoms with E-state index in [0.717, 1.165) is 13.0 Å². The molecule has 0 aromatic heterocycles. The Hall–Kier alpha value is -1.17. The fraction of sp³-hybridized carbons (Fsp3) is 0.417. The van der Waals surface area contributed by atoms with Crippen molar-refractivity contribution >= 4 is 17.5 Å². The molecule has 2 unspecified atom stereocenters. The minimum absolute atomic E-state index is 0.0532. The van der Waals surface area contributed by atoms with Gasteiger partial charge in [0.25, 0.3) is 0 Å². The zero-order valence-corrected chi connectivity index (χ0v) is 10.5. The molecule has 2 rings (SSSR count). The van der Waals surface area contributed by atoms with Crippen molar-refractivity contribution in [3.63, 3.8) is 0 Å². The highest BCUT2D eigenvalue weighted by Gasteiger charge is 2.29. The van der Waals surface area contributed by atoms with Crippen LogP contribution < -0.4 is 16.4 Å². The number of benzene rings is 1. The molecule has 2 atom stereocenters. The molecule has 0 aliphatic carbocycles. The van der Waals surface area contributed by atoms with Crippen LogP contribution >= 0.6 is 11.6 Å². The molecule has 4 nitrogen and oxygen atoms in total. The fourth-order valence-corrected chi connectivity index (χ4v) is 2.18. The van der Waals surface area contributed by atoms with Gasteiger partial charge >= 0.3 is 0 Å². The first-order valence-corrected chi connectivity index (χ1v) is 6.17. The van der Waals surface area contributed by atoms with E-state index in [-0.39, 0.29) is 23.5 Å². The van der Waals surface area contributed by atoms with E-state index < -0.39 is 11.9 Å². The SMILES string of the molecule is NC1CCNC1C(=O)NCc1cccc(Cl)c1F. The van der Waals surface area contributed by atoms with E-state index >= 15 is 0 Å². The van der Waals surface area contributed by atoms with E-state index in [4.69, 9.17) is 17.3 Å². The number of hydrogen-bond donors (Lipinski definition) is 3. The van der Waals surface area contributed by atoms with Crippen LogP contribution in [0.4, 0.5) is 4.39 Å². The summed E-state index contributed by atoms with van der Waals surface area (Å²) in [7, 11) is 0. The average molecular weight is 272 g/mol. The van der Waals surface area contributed by atoms with Gasteiger partial charge in [0.1, 0.15) is 11.9 Å². The smallest absolute Gasteiger partial charge is 0.239 e. The third-order valence-corrected chi connectivity index (χ3v) is 3.33. The van der Waals surface area contributed by atoms with Gasteiger partial charge in [0.05, 0.1) is 5.02 Å². The molecule has 1 aliphatic heterocycles. The van der Waals surface area contributed by atoms with Gasteiger partial charge in [-0.3, -0.25) is 4.79 Å². The minimum Gasteiger partial charge on any atom is -0.351 e. The van der Waals surface area contributed by atoms with Crippen molar-refractivity contribution in [1.29, 1.82) is 0 Å². The van der Waals surface area contributed by atoms with Crippen molar-refractivity contribution in [2.24, 2.45) is 5.73 Å². The zero-order chi connectivity index (χ0) is 13.1. The molecule has 1 amide bonds. The van der Waals surface area contributed by atoms with Crippen LogP contribution in [-0.4, -0.2) is 24.5 Å². The standard InChI is InChI=1S/C12H15ClFN3O/c13-8-3-1-2-7(10(8)14)6-17-12(18)11-9(15)4-5-16-11/h1-3,9,11,16H,4-6,15H2,(H,17,18). The Morgan fingerprint density at radius 2 is 2.39 bits per heavy atom. The lowest BCUT2D eigenvalue weighted by Crippen LogP contribution is -2.48. The second-order valence-electron chi connectivity index (χ2n) is 4.32. The van der Waals surface area contributed by atoms with Crippen molar-refractivity contribution in [3.8, 4) is 0 Å². The monoisotopic (exact) mass is 271 g/mol. The summed E-state index contributed by atoms with van der Waals surface area (Å²) in [5, 5.41) is 5.72. The predicted octanol–water partition coefficient (Wildman–Crippen LogP) is 0.785. The molecule has 1 heterocycles. The number of halogens is 2. The predicted molar refractivity (Wildman–Crippen MR) is 67.6 cm³/mol. The third kappa shape index (κ3) is 2.80. The van der Waals surface area contributed by atoms with Crippen LogP contribution in [0.3, 0.4) is 0 Å². The van der Waals surface area contributed by atoms with Gasteiger partial charge in [-0.05, 0) is 19.0 Å². The molecule has 1 fully saturated rings. The first-order chi connectivity index (χ1) is 8.59. The van der Waals surface area contributed by atoms with Gasteiger partial charge in [0.15, 0.2) is 0 Å². The van der Waals surface area contributed by atoms with Crippen molar-refractivity contribution in [3.05, 3.63) is 34.6 Å². The number of rotatable bonds is 3.